The van der Waals surface area contributed by atoms with Crippen LogP contribution < -0.4 is 0 Å². The van der Waals surface area contributed by atoms with Crippen LogP contribution in [0.3, 0.4) is 0 Å². The van der Waals surface area contributed by atoms with Gasteiger partial charge in [-0.25, -0.2) is 0 Å². The second-order valence-electron chi connectivity index (χ2n) is 10.8. The van der Waals surface area contributed by atoms with Crippen LogP contribution >= 0.6 is 0 Å². The number of hydrogen-bond donors (Lipinski definition) is 0. The molecule has 2 nitrogen and oxygen atoms in total. The van der Waals surface area contributed by atoms with E-state index in [1.54, 1.807) is 0 Å². The van der Waals surface area contributed by atoms with E-state index >= 15 is 0 Å². The summed E-state index contributed by atoms with van der Waals surface area (Å²) in [6.07, 6.45) is 0. The van der Waals surface area contributed by atoms with Gasteiger partial charge in [0.1, 0.15) is 0 Å². The molecule has 0 aromatic carbocycles. The predicted molar refractivity (Wildman–Crippen MR) is 151 cm³/mol. The molecule has 0 unspecified atom stereocenters. The summed E-state index contributed by atoms with van der Waals surface area (Å²) in [4.78, 5) is 0. The zero-order chi connectivity index (χ0) is 17.3. The Morgan fingerprint density at radius 2 is 0.593 bits per heavy atom. The van der Waals surface area contributed by atoms with Gasteiger partial charge in [0.05, 0.1) is 0 Å². The molecule has 176 valence electrons. The highest BCUT2D eigenvalue weighted by molar-refractivity contribution is 7.02. The summed E-state index contributed by atoms with van der Waals surface area (Å²) in [6, 6.07) is 0. The van der Waals surface area contributed by atoms with Crippen molar-refractivity contribution in [3.8, 4) is 0 Å². The monoisotopic (exact) mass is 476 g/mol. The van der Waals surface area contributed by atoms with Crippen LogP contribution in [0.15, 0.2) is 0 Å². The quantitative estimate of drug-likeness (QED) is 0.324. The van der Waals surface area contributed by atoms with Gasteiger partial charge in [-0.05, 0) is 50.6 Å². The third kappa shape index (κ3) is 27.0. The van der Waals surface area contributed by atoms with E-state index in [0.29, 0.717) is 0 Å². The lowest BCUT2D eigenvalue weighted by Crippen LogP contribution is -2.60. The summed E-state index contributed by atoms with van der Waals surface area (Å²) in [6.45, 7) is 28.8. The van der Waals surface area contributed by atoms with Gasteiger partial charge in [0.25, 0.3) is 0 Å². The van der Waals surface area contributed by atoms with Crippen molar-refractivity contribution in [3.05, 3.63) is 0 Å². The molecule has 0 saturated heterocycles. The predicted octanol–water partition coefficient (Wildman–Crippen LogP) is 9.70. The minimum atomic E-state index is -2.09. The van der Waals surface area contributed by atoms with Gasteiger partial charge in [-0.3, -0.25) is 0 Å². The Balaban J connectivity index is -0.000000133. The molecule has 0 aliphatic rings. The Kier molecular flexibility index (Phi) is 25.6. The maximum Gasteiger partial charge on any atom is 0.312 e. The molecule has 0 fully saturated rings. The summed E-state index contributed by atoms with van der Waals surface area (Å²) in [7, 11) is -7.69. The first-order valence-electron chi connectivity index (χ1n) is 8.23. The molecule has 0 saturated carbocycles. The highest BCUT2D eigenvalue weighted by Gasteiger charge is 2.49. The molecule has 0 spiro atoms. The minimum Gasteiger partial charge on any atom is -0.437 e. The molecule has 0 N–H and O–H groups in total. The SMILES string of the molecule is C.C.C.C.C.C.C[Si](C)(C)C[Si](C[Si](C)(C)C)(O[Si](C)(C)C)O[Si](C)(C)C. The minimum absolute atomic E-state index is 0. The fourth-order valence-electron chi connectivity index (χ4n) is 2.96. The first-order chi connectivity index (χ1) is 8.83. The highest BCUT2D eigenvalue weighted by atomic mass is 28.5. The van der Waals surface area contributed by atoms with Crippen molar-refractivity contribution in [2.75, 3.05) is 0 Å². The molecule has 0 amide bonds. The molecule has 0 aliphatic carbocycles. The zero-order valence-electron chi connectivity index (χ0n) is 16.7. The van der Waals surface area contributed by atoms with Crippen molar-refractivity contribution < 1.29 is 8.23 Å². The fraction of sp³-hybridized carbons (Fsp3) is 1.00. The summed E-state index contributed by atoms with van der Waals surface area (Å²) < 4.78 is 13.8. The van der Waals surface area contributed by atoms with Crippen LogP contribution in [-0.4, -0.2) is 41.3 Å². The molecule has 0 rings (SSSR count). The van der Waals surface area contributed by atoms with Crippen molar-refractivity contribution in [3.63, 3.8) is 0 Å². The fourth-order valence-corrected chi connectivity index (χ4v) is 30.7. The first kappa shape index (κ1) is 46.3. The maximum atomic E-state index is 6.91. The zero-order valence-corrected chi connectivity index (χ0v) is 21.7. The molecule has 27 heavy (non-hydrogen) atoms. The maximum absolute atomic E-state index is 6.91. The third-order valence-electron chi connectivity index (χ3n) is 2.58. The smallest absolute Gasteiger partial charge is 0.312 e. The van der Waals surface area contributed by atoms with Crippen molar-refractivity contribution >= 4 is 41.3 Å². The first-order valence-corrected chi connectivity index (χ1v) is 24.7. The number of rotatable bonds is 8. The summed E-state index contributed by atoms with van der Waals surface area (Å²) >= 11 is 0. The van der Waals surface area contributed by atoms with Crippen molar-refractivity contribution in [1.82, 2.24) is 0 Å². The van der Waals surface area contributed by atoms with E-state index in [1.807, 2.05) is 0 Å². The van der Waals surface area contributed by atoms with Crippen LogP contribution in [0.5, 0.6) is 0 Å². The lowest BCUT2D eigenvalue weighted by molar-refractivity contribution is 0.387. The van der Waals surface area contributed by atoms with E-state index in [-0.39, 0.29) is 44.6 Å². The molecule has 0 bridgehead atoms. The van der Waals surface area contributed by atoms with E-state index in [9.17, 15) is 0 Å². The molecule has 0 atom stereocenters. The van der Waals surface area contributed by atoms with E-state index in [1.165, 1.54) is 11.3 Å². The van der Waals surface area contributed by atoms with Gasteiger partial charge in [-0.1, -0.05) is 83.8 Å². The molecule has 0 aromatic heterocycles. The third-order valence-corrected chi connectivity index (χ3v) is 23.3. The Morgan fingerprint density at radius 1 is 0.407 bits per heavy atom. The molecular formula is C20H64O2Si5. The van der Waals surface area contributed by atoms with E-state index in [0.717, 1.165) is 0 Å². The average Bonchev–Trinajstić information content (AvgIpc) is 1.83. The van der Waals surface area contributed by atoms with Gasteiger partial charge in [-0.15, -0.1) is 0 Å². The molecule has 0 aromatic rings. The second-order valence-corrected chi connectivity index (χ2v) is 35.8. The van der Waals surface area contributed by atoms with Gasteiger partial charge in [0.2, 0.25) is 0 Å². The molecule has 0 radical (unpaired) electrons. The lowest BCUT2D eigenvalue weighted by atomic mass is 11.7. The second kappa shape index (κ2) is 14.9. The molecule has 0 heterocycles. The lowest BCUT2D eigenvalue weighted by Gasteiger charge is -2.45. The normalized spacial score (nSPS) is 12.0. The molecule has 7 heteroatoms. The van der Waals surface area contributed by atoms with Crippen molar-refractivity contribution in [2.45, 2.75) is 134 Å². The van der Waals surface area contributed by atoms with Crippen LogP contribution in [0.25, 0.3) is 0 Å². The topological polar surface area (TPSA) is 18.5 Å². The Labute approximate surface area is 183 Å². The van der Waals surface area contributed by atoms with E-state index in [2.05, 4.69) is 78.6 Å². The molecule has 0 aliphatic heterocycles. The van der Waals surface area contributed by atoms with Crippen LogP contribution in [0.2, 0.25) is 89.9 Å². The van der Waals surface area contributed by atoms with Gasteiger partial charge in [-0.2, -0.15) is 0 Å². The molecular weight excluding hydrogens is 413 g/mol. The van der Waals surface area contributed by atoms with Gasteiger partial charge < -0.3 is 8.23 Å². The van der Waals surface area contributed by atoms with Crippen LogP contribution in [0.4, 0.5) is 0 Å². The standard InChI is InChI=1S/C14H40O2Si5.6CH4/c1-17(2,3)13-21(14-18(4,5)6,15-19(7,8)9)16-20(10,11)12;;;;;;/h13-14H2,1-12H3;6*1H4. The van der Waals surface area contributed by atoms with Crippen molar-refractivity contribution in [1.29, 1.82) is 0 Å². The average molecular weight is 477 g/mol. The van der Waals surface area contributed by atoms with Crippen LogP contribution in [0.1, 0.15) is 44.6 Å². The summed E-state index contributed by atoms with van der Waals surface area (Å²) in [5, 5.41) is 0. The number of hydrogen-bond acceptors (Lipinski definition) is 2. The van der Waals surface area contributed by atoms with Gasteiger partial charge in [0, 0.05) is 16.1 Å². The highest BCUT2D eigenvalue weighted by Crippen LogP contribution is 2.35. The van der Waals surface area contributed by atoms with E-state index < -0.39 is 41.3 Å². The Bertz CT molecular complexity index is 265. The summed E-state index contributed by atoms with van der Waals surface area (Å²) in [5.41, 5.74) is 2.53. The van der Waals surface area contributed by atoms with Crippen LogP contribution in [-0.2, 0) is 8.23 Å². The summed E-state index contributed by atoms with van der Waals surface area (Å²) in [5.74, 6) is 0. The largest absolute Gasteiger partial charge is 0.437 e. The van der Waals surface area contributed by atoms with Crippen molar-refractivity contribution in [2.24, 2.45) is 0 Å². The van der Waals surface area contributed by atoms with Crippen LogP contribution in [0, 0.1) is 0 Å². The Morgan fingerprint density at radius 3 is 0.704 bits per heavy atom. The Hall–Kier alpha value is 1.00. The van der Waals surface area contributed by atoms with Gasteiger partial charge in [0.15, 0.2) is 16.6 Å². The van der Waals surface area contributed by atoms with E-state index in [4.69, 9.17) is 8.23 Å². The van der Waals surface area contributed by atoms with Gasteiger partial charge >= 0.3 is 8.56 Å².